The Morgan fingerprint density at radius 1 is 1.00 bits per heavy atom. The van der Waals surface area contributed by atoms with Crippen LogP contribution in [0.2, 0.25) is 0 Å². The average Bonchev–Trinajstić information content (AvgIpc) is 3.38. The molecule has 4 rings (SSSR count). The SMILES string of the molecule is CC(O)C(=O)[O-].CN1CCC[C@H]1c1cccnc1.CN1CCC[C@H]1c1cccnc1.O.[Cl-].[Zn+2]. The molecule has 0 saturated carbocycles. The summed E-state index contributed by atoms with van der Waals surface area (Å²) < 4.78 is 0. The number of carbonyl (C=O) groups excluding carboxylic acids is 1. The van der Waals surface area contributed by atoms with Crippen molar-refractivity contribution in [1.29, 1.82) is 0 Å². The Labute approximate surface area is 215 Å². The number of carbonyl (C=O) groups is 1. The summed E-state index contributed by atoms with van der Waals surface area (Å²) in [5.74, 6) is -1.44. The number of carboxylic acid groups (broad SMARTS) is 1. The van der Waals surface area contributed by atoms with Crippen LogP contribution >= 0.6 is 0 Å². The standard InChI is InChI=1S/2C10H14N2.C3H6O3.ClH.H2O.Zn/c2*1-12-7-3-5-10(12)9-4-2-6-11-8-9;1-2(4)3(5)6;;;/h2*2,4,6,8,10H,3,5,7H2,1H3;2,4H,1H3,(H,5,6);1H;1H2;/q;;;;;+2/p-2/t2*10-;;;;/m00..../s1. The van der Waals surface area contributed by atoms with Gasteiger partial charge in [-0.1, -0.05) is 12.1 Å². The summed E-state index contributed by atoms with van der Waals surface area (Å²) in [5, 5.41) is 17.3. The molecular formula is C23H35ClN4O4Zn. The number of carboxylic acids is 1. The fourth-order valence-corrected chi connectivity index (χ4v) is 3.81. The topological polar surface area (TPSA) is 124 Å². The van der Waals surface area contributed by atoms with Gasteiger partial charge in [-0.15, -0.1) is 0 Å². The Morgan fingerprint density at radius 2 is 1.36 bits per heavy atom. The summed E-state index contributed by atoms with van der Waals surface area (Å²) >= 11 is 0. The fraction of sp³-hybridized carbons (Fsp3) is 0.522. The number of aromatic nitrogens is 2. The van der Waals surface area contributed by atoms with E-state index in [1.165, 1.54) is 49.9 Å². The van der Waals surface area contributed by atoms with Crippen molar-refractivity contribution in [3.05, 3.63) is 60.2 Å². The van der Waals surface area contributed by atoms with Crippen LogP contribution in [0.25, 0.3) is 0 Å². The zero-order valence-corrected chi connectivity index (χ0v) is 23.5. The molecule has 0 aromatic carbocycles. The minimum Gasteiger partial charge on any atom is -1.00 e. The van der Waals surface area contributed by atoms with Gasteiger partial charge in [0.15, 0.2) is 0 Å². The molecule has 33 heavy (non-hydrogen) atoms. The van der Waals surface area contributed by atoms with E-state index in [9.17, 15) is 9.90 Å². The van der Waals surface area contributed by atoms with Crippen LogP contribution in [0.1, 0.15) is 55.8 Å². The van der Waals surface area contributed by atoms with Gasteiger partial charge in [-0.2, -0.15) is 0 Å². The zero-order valence-electron chi connectivity index (χ0n) is 19.7. The third-order valence-corrected chi connectivity index (χ3v) is 5.52. The normalized spacial score (nSPS) is 20.4. The van der Waals surface area contributed by atoms with E-state index in [0.29, 0.717) is 12.1 Å². The molecule has 0 bridgehead atoms. The van der Waals surface area contributed by atoms with Crippen LogP contribution in [0.15, 0.2) is 49.1 Å². The van der Waals surface area contributed by atoms with Crippen molar-refractivity contribution in [2.24, 2.45) is 0 Å². The second kappa shape index (κ2) is 17.9. The maximum absolute atomic E-state index is 9.34. The van der Waals surface area contributed by atoms with Crippen LogP contribution in [-0.2, 0) is 24.3 Å². The van der Waals surface area contributed by atoms with Crippen LogP contribution < -0.4 is 17.5 Å². The van der Waals surface area contributed by atoms with Crippen molar-refractivity contribution in [2.45, 2.75) is 50.8 Å². The second-order valence-corrected chi connectivity index (χ2v) is 7.84. The number of nitrogens with zero attached hydrogens (tertiary/aromatic N) is 4. The Morgan fingerprint density at radius 3 is 1.58 bits per heavy atom. The van der Waals surface area contributed by atoms with Gasteiger partial charge < -0.3 is 32.9 Å². The van der Waals surface area contributed by atoms with E-state index < -0.39 is 12.1 Å². The molecule has 1 unspecified atom stereocenters. The molecule has 0 spiro atoms. The first-order valence-corrected chi connectivity index (χ1v) is 10.5. The molecule has 0 radical (unpaired) electrons. The molecule has 3 atom stereocenters. The molecule has 2 saturated heterocycles. The summed E-state index contributed by atoms with van der Waals surface area (Å²) in [6.07, 6.45) is 11.5. The van der Waals surface area contributed by atoms with E-state index in [4.69, 9.17) is 5.11 Å². The van der Waals surface area contributed by atoms with Crippen LogP contribution in [0.3, 0.4) is 0 Å². The fourth-order valence-electron chi connectivity index (χ4n) is 3.81. The third kappa shape index (κ3) is 11.5. The quantitative estimate of drug-likeness (QED) is 0.454. The third-order valence-electron chi connectivity index (χ3n) is 5.52. The van der Waals surface area contributed by atoms with E-state index in [0.717, 1.165) is 6.92 Å². The molecule has 2 aliphatic rings. The van der Waals surface area contributed by atoms with Gasteiger partial charge in [-0.3, -0.25) is 19.8 Å². The van der Waals surface area contributed by atoms with Gasteiger partial charge in [0.25, 0.3) is 0 Å². The minimum absolute atomic E-state index is 0. The summed E-state index contributed by atoms with van der Waals surface area (Å²) in [5.41, 5.74) is 2.72. The maximum Gasteiger partial charge on any atom is 2.00 e. The molecule has 0 amide bonds. The summed E-state index contributed by atoms with van der Waals surface area (Å²) in [7, 11) is 4.37. The van der Waals surface area contributed by atoms with Crippen LogP contribution in [0, 0.1) is 0 Å². The first-order valence-electron chi connectivity index (χ1n) is 10.5. The van der Waals surface area contributed by atoms with E-state index in [1.54, 1.807) is 0 Å². The Kier molecular flexibility index (Phi) is 18.3. The van der Waals surface area contributed by atoms with Gasteiger partial charge in [0, 0.05) is 36.9 Å². The van der Waals surface area contributed by atoms with Gasteiger partial charge >= 0.3 is 19.5 Å². The molecule has 4 heterocycles. The first-order chi connectivity index (χ1) is 14.4. The largest absolute Gasteiger partial charge is 2.00 e. The first kappa shape index (κ1) is 33.7. The Balaban J connectivity index is 0. The number of aliphatic carboxylic acids is 1. The predicted molar refractivity (Wildman–Crippen MR) is 118 cm³/mol. The van der Waals surface area contributed by atoms with Crippen molar-refractivity contribution in [3.8, 4) is 0 Å². The Hall–Kier alpha value is -1.48. The molecule has 3 N–H and O–H groups in total. The second-order valence-electron chi connectivity index (χ2n) is 7.84. The summed E-state index contributed by atoms with van der Waals surface area (Å²) in [4.78, 5) is 22.4. The molecule has 0 aliphatic carbocycles. The number of pyridine rings is 2. The van der Waals surface area contributed by atoms with Crippen LogP contribution in [0.5, 0.6) is 0 Å². The monoisotopic (exact) mass is 530 g/mol. The number of hydrogen-bond acceptors (Lipinski definition) is 7. The van der Waals surface area contributed by atoms with Crippen molar-refractivity contribution < 1.29 is 52.4 Å². The van der Waals surface area contributed by atoms with Crippen molar-refractivity contribution in [1.82, 2.24) is 19.8 Å². The van der Waals surface area contributed by atoms with E-state index in [-0.39, 0.29) is 37.4 Å². The van der Waals surface area contributed by atoms with Crippen molar-refractivity contribution in [2.75, 3.05) is 27.2 Å². The maximum atomic E-state index is 9.34. The van der Waals surface area contributed by atoms with E-state index in [1.807, 2.05) is 36.9 Å². The number of rotatable bonds is 3. The molecule has 2 fully saturated rings. The van der Waals surface area contributed by atoms with Crippen LogP contribution in [0.4, 0.5) is 0 Å². The van der Waals surface area contributed by atoms with Gasteiger partial charge in [0.05, 0.1) is 12.1 Å². The van der Waals surface area contributed by atoms with Gasteiger partial charge in [-0.25, -0.2) is 0 Å². The summed E-state index contributed by atoms with van der Waals surface area (Å²) in [6, 6.07) is 9.58. The van der Waals surface area contributed by atoms with Crippen molar-refractivity contribution >= 4 is 5.97 Å². The smallest absolute Gasteiger partial charge is 1.00 e. The number of halogens is 1. The van der Waals surface area contributed by atoms with Crippen LogP contribution in [-0.4, -0.2) is 69.6 Å². The molecule has 2 aliphatic heterocycles. The van der Waals surface area contributed by atoms with E-state index >= 15 is 0 Å². The number of hydrogen-bond donors (Lipinski definition) is 1. The average molecular weight is 532 g/mol. The number of aliphatic hydroxyl groups excluding tert-OH is 1. The summed E-state index contributed by atoms with van der Waals surface area (Å²) in [6.45, 7) is 3.58. The number of aliphatic hydroxyl groups is 1. The minimum atomic E-state index is -1.44. The zero-order chi connectivity index (χ0) is 21.9. The molecule has 2 aromatic heterocycles. The number of likely N-dealkylation sites (tertiary alicyclic amines) is 2. The predicted octanol–water partition coefficient (Wildman–Crippen LogP) is -2.01. The molecular weight excluding hydrogens is 497 g/mol. The molecule has 10 heteroatoms. The van der Waals surface area contributed by atoms with Crippen molar-refractivity contribution in [3.63, 3.8) is 0 Å². The van der Waals surface area contributed by atoms with Gasteiger partial charge in [0.2, 0.25) is 0 Å². The van der Waals surface area contributed by atoms with Gasteiger partial charge in [0.1, 0.15) is 0 Å². The molecule has 2 aromatic rings. The Bertz CT molecular complexity index is 703. The van der Waals surface area contributed by atoms with Gasteiger partial charge in [-0.05, 0) is 83.1 Å². The molecule has 180 valence electrons. The molecule has 8 nitrogen and oxygen atoms in total. The van der Waals surface area contributed by atoms with E-state index in [2.05, 4.69) is 46.0 Å².